The molecule has 0 unspecified atom stereocenters. The molecule has 2 aromatic rings. The maximum atomic E-state index is 5.90. The minimum Gasteiger partial charge on any atom is -0.454 e. The lowest BCUT2D eigenvalue weighted by Gasteiger charge is -2.09. The first-order valence-corrected chi connectivity index (χ1v) is 6.48. The van der Waals surface area contributed by atoms with Gasteiger partial charge >= 0.3 is 0 Å². The zero-order chi connectivity index (χ0) is 13.0. The van der Waals surface area contributed by atoms with Crippen molar-refractivity contribution in [1.82, 2.24) is 9.97 Å². The van der Waals surface area contributed by atoms with Crippen LogP contribution in [-0.4, -0.2) is 9.97 Å². The number of hydrogen-bond donors (Lipinski definition) is 1. The van der Waals surface area contributed by atoms with Gasteiger partial charge in [0.25, 0.3) is 0 Å². The van der Waals surface area contributed by atoms with Gasteiger partial charge in [0, 0.05) is 16.7 Å². The molecule has 4 nitrogen and oxygen atoms in total. The molecule has 1 atom stereocenters. The van der Waals surface area contributed by atoms with Gasteiger partial charge in [-0.05, 0) is 40.5 Å². The van der Waals surface area contributed by atoms with E-state index >= 15 is 0 Å². The Morgan fingerprint density at radius 2 is 2.11 bits per heavy atom. The summed E-state index contributed by atoms with van der Waals surface area (Å²) in [6.45, 7) is 2.03. The molecule has 0 aliphatic carbocycles. The molecule has 0 radical (unpaired) electrons. The van der Waals surface area contributed by atoms with Crippen LogP contribution < -0.4 is 10.5 Å². The molecule has 0 aliphatic rings. The van der Waals surface area contributed by atoms with Gasteiger partial charge in [-0.2, -0.15) is 0 Å². The third-order valence-electron chi connectivity index (χ3n) is 2.49. The van der Waals surface area contributed by atoms with Crippen molar-refractivity contribution in [2.75, 3.05) is 0 Å². The summed E-state index contributed by atoms with van der Waals surface area (Å²) in [4.78, 5) is 8.31. The van der Waals surface area contributed by atoms with E-state index in [2.05, 4.69) is 25.9 Å². The highest BCUT2D eigenvalue weighted by molar-refractivity contribution is 9.10. The van der Waals surface area contributed by atoms with Crippen LogP contribution in [0, 0.1) is 0 Å². The minimum atomic E-state index is -0.0217. The van der Waals surface area contributed by atoms with Crippen molar-refractivity contribution in [2.24, 2.45) is 5.73 Å². The van der Waals surface area contributed by atoms with Gasteiger partial charge in [-0.1, -0.05) is 6.92 Å². The third-order valence-corrected chi connectivity index (χ3v) is 2.93. The second-order valence-corrected chi connectivity index (χ2v) is 4.79. The Bertz CT molecular complexity index is 516. The average molecular weight is 308 g/mol. The third kappa shape index (κ3) is 3.27. The van der Waals surface area contributed by atoms with Gasteiger partial charge in [-0.3, -0.25) is 9.97 Å². The summed E-state index contributed by atoms with van der Waals surface area (Å²) < 4.78 is 6.50. The van der Waals surface area contributed by atoms with Gasteiger partial charge in [0.2, 0.25) is 0 Å². The highest BCUT2D eigenvalue weighted by Gasteiger charge is 2.05. The molecule has 94 valence electrons. The topological polar surface area (TPSA) is 61.0 Å². The van der Waals surface area contributed by atoms with E-state index < -0.39 is 0 Å². The van der Waals surface area contributed by atoms with E-state index in [0.717, 1.165) is 16.6 Å². The summed E-state index contributed by atoms with van der Waals surface area (Å²) in [7, 11) is 0. The lowest BCUT2D eigenvalue weighted by Crippen LogP contribution is -2.10. The molecule has 0 saturated heterocycles. The number of hydrogen-bond acceptors (Lipinski definition) is 4. The van der Waals surface area contributed by atoms with Crippen LogP contribution in [0.5, 0.6) is 11.5 Å². The Labute approximate surface area is 114 Å². The Morgan fingerprint density at radius 3 is 2.72 bits per heavy atom. The van der Waals surface area contributed by atoms with Crippen molar-refractivity contribution in [2.45, 2.75) is 19.4 Å². The lowest BCUT2D eigenvalue weighted by atomic mass is 10.1. The fraction of sp³-hybridized carbons (Fsp3) is 0.231. The monoisotopic (exact) mass is 307 g/mol. The molecule has 0 aromatic carbocycles. The molecule has 0 amide bonds. The summed E-state index contributed by atoms with van der Waals surface area (Å²) in [5, 5.41) is 0. The van der Waals surface area contributed by atoms with Crippen LogP contribution in [0.2, 0.25) is 0 Å². The van der Waals surface area contributed by atoms with Crippen molar-refractivity contribution in [1.29, 1.82) is 0 Å². The second-order valence-electron chi connectivity index (χ2n) is 3.87. The summed E-state index contributed by atoms with van der Waals surface area (Å²) in [6, 6.07) is 5.57. The molecule has 5 heteroatoms. The summed E-state index contributed by atoms with van der Waals surface area (Å²) in [6.07, 6.45) is 5.89. The van der Waals surface area contributed by atoms with E-state index in [0.29, 0.717) is 11.5 Å². The Morgan fingerprint density at radius 1 is 1.28 bits per heavy atom. The van der Waals surface area contributed by atoms with Crippen LogP contribution in [0.4, 0.5) is 0 Å². The van der Waals surface area contributed by atoms with Crippen molar-refractivity contribution in [3.63, 3.8) is 0 Å². The predicted molar refractivity (Wildman–Crippen MR) is 73.5 cm³/mol. The summed E-state index contributed by atoms with van der Waals surface area (Å²) in [5.74, 6) is 1.33. The van der Waals surface area contributed by atoms with Gasteiger partial charge in [-0.25, -0.2) is 0 Å². The first-order chi connectivity index (χ1) is 8.69. The van der Waals surface area contributed by atoms with Crippen LogP contribution in [0.3, 0.4) is 0 Å². The molecular weight excluding hydrogens is 294 g/mol. The molecule has 18 heavy (non-hydrogen) atoms. The van der Waals surface area contributed by atoms with E-state index in [9.17, 15) is 0 Å². The van der Waals surface area contributed by atoms with Crippen LogP contribution in [-0.2, 0) is 0 Å². The highest BCUT2D eigenvalue weighted by Crippen LogP contribution is 2.23. The van der Waals surface area contributed by atoms with Gasteiger partial charge in [0.1, 0.15) is 11.5 Å². The van der Waals surface area contributed by atoms with Crippen LogP contribution in [0.25, 0.3) is 0 Å². The van der Waals surface area contributed by atoms with Gasteiger partial charge in [-0.15, -0.1) is 0 Å². The predicted octanol–water partition coefficient (Wildman–Crippen LogP) is 3.44. The molecule has 2 N–H and O–H groups in total. The maximum absolute atomic E-state index is 5.90. The smallest absolute Gasteiger partial charge is 0.146 e. The van der Waals surface area contributed by atoms with Crippen molar-refractivity contribution in [3.05, 3.63) is 47.0 Å². The number of nitrogens with zero attached hydrogens (tertiary/aromatic N) is 2. The fourth-order valence-electron chi connectivity index (χ4n) is 1.46. The van der Waals surface area contributed by atoms with Gasteiger partial charge in [0.15, 0.2) is 0 Å². The zero-order valence-electron chi connectivity index (χ0n) is 10.0. The van der Waals surface area contributed by atoms with Crippen LogP contribution in [0.15, 0.2) is 41.3 Å². The number of aromatic nitrogens is 2. The van der Waals surface area contributed by atoms with E-state index in [1.165, 1.54) is 0 Å². The fourth-order valence-corrected chi connectivity index (χ4v) is 1.81. The molecule has 0 spiro atoms. The quantitative estimate of drug-likeness (QED) is 0.940. The van der Waals surface area contributed by atoms with Gasteiger partial charge in [0.05, 0.1) is 18.1 Å². The molecule has 2 heterocycles. The van der Waals surface area contributed by atoms with Crippen molar-refractivity contribution < 1.29 is 4.74 Å². The SMILES string of the molecule is CC[C@H](N)c1ccc(Oc2cncc(Br)c2)cn1. The number of halogens is 1. The molecule has 0 fully saturated rings. The zero-order valence-corrected chi connectivity index (χ0v) is 11.6. The number of rotatable bonds is 4. The van der Waals surface area contributed by atoms with E-state index in [4.69, 9.17) is 10.5 Å². The molecule has 0 aliphatic heterocycles. The normalized spacial score (nSPS) is 12.2. The van der Waals surface area contributed by atoms with Gasteiger partial charge < -0.3 is 10.5 Å². The molecule has 0 saturated carbocycles. The summed E-state index contributed by atoms with van der Waals surface area (Å²) >= 11 is 3.34. The van der Waals surface area contributed by atoms with Crippen molar-refractivity contribution >= 4 is 15.9 Å². The number of pyridine rings is 2. The Balaban J connectivity index is 2.11. The summed E-state index contributed by atoms with van der Waals surface area (Å²) in [5.41, 5.74) is 6.77. The lowest BCUT2D eigenvalue weighted by molar-refractivity contribution is 0.476. The average Bonchev–Trinajstić information content (AvgIpc) is 2.39. The largest absolute Gasteiger partial charge is 0.454 e. The molecule has 2 aromatic heterocycles. The Kier molecular flexibility index (Phi) is 4.28. The molecule has 2 rings (SSSR count). The maximum Gasteiger partial charge on any atom is 0.146 e. The molecule has 0 bridgehead atoms. The van der Waals surface area contributed by atoms with E-state index in [1.807, 2.05) is 25.1 Å². The Hall–Kier alpha value is -1.46. The van der Waals surface area contributed by atoms with E-state index in [1.54, 1.807) is 18.6 Å². The van der Waals surface area contributed by atoms with Crippen molar-refractivity contribution in [3.8, 4) is 11.5 Å². The number of ether oxygens (including phenoxy) is 1. The standard InChI is InChI=1S/C13H14BrN3O/c1-2-12(15)13-4-3-10(8-17-13)18-11-5-9(14)6-16-7-11/h3-8,12H,2,15H2,1H3/t12-/m0/s1. The second kappa shape index (κ2) is 5.93. The minimum absolute atomic E-state index is 0.0217. The van der Waals surface area contributed by atoms with Crippen LogP contribution >= 0.6 is 15.9 Å². The highest BCUT2D eigenvalue weighted by atomic mass is 79.9. The molecular formula is C13H14BrN3O. The van der Waals surface area contributed by atoms with E-state index in [-0.39, 0.29) is 6.04 Å². The first-order valence-electron chi connectivity index (χ1n) is 5.69. The number of nitrogens with two attached hydrogens (primary N) is 1. The first kappa shape index (κ1) is 13.0. The van der Waals surface area contributed by atoms with Crippen LogP contribution in [0.1, 0.15) is 25.1 Å².